The maximum absolute atomic E-state index is 5.66. The standard InChI is InChI=1S/C11H25ClN2/c1-4-8-14(9-6-5-7-12)11-10-13(2)3/h4-11H2,1-3H3. The average molecular weight is 221 g/mol. The van der Waals surface area contributed by atoms with Crippen molar-refractivity contribution in [2.75, 3.05) is 46.2 Å². The molecule has 0 aromatic carbocycles. The number of nitrogens with zero attached hydrogens (tertiary/aromatic N) is 2. The molecular formula is C11H25ClN2. The van der Waals surface area contributed by atoms with Crippen LogP contribution in [0.15, 0.2) is 0 Å². The van der Waals surface area contributed by atoms with E-state index in [4.69, 9.17) is 11.6 Å². The van der Waals surface area contributed by atoms with Crippen LogP contribution in [0.5, 0.6) is 0 Å². The summed E-state index contributed by atoms with van der Waals surface area (Å²) >= 11 is 5.66. The highest BCUT2D eigenvalue weighted by atomic mass is 35.5. The van der Waals surface area contributed by atoms with Crippen molar-refractivity contribution in [3.05, 3.63) is 0 Å². The number of alkyl halides is 1. The van der Waals surface area contributed by atoms with Crippen LogP contribution in [0.4, 0.5) is 0 Å². The van der Waals surface area contributed by atoms with E-state index in [0.717, 1.165) is 18.8 Å². The Labute approximate surface area is 94.2 Å². The van der Waals surface area contributed by atoms with E-state index in [2.05, 4.69) is 30.8 Å². The monoisotopic (exact) mass is 220 g/mol. The second-order valence-electron chi connectivity index (χ2n) is 4.04. The van der Waals surface area contributed by atoms with Gasteiger partial charge in [0.25, 0.3) is 0 Å². The number of hydrogen-bond donors (Lipinski definition) is 0. The Hall–Kier alpha value is 0.210. The third-order valence-corrected chi connectivity index (χ3v) is 2.53. The molecule has 0 unspecified atom stereocenters. The van der Waals surface area contributed by atoms with E-state index in [-0.39, 0.29) is 0 Å². The zero-order chi connectivity index (χ0) is 10.8. The van der Waals surface area contributed by atoms with Crippen molar-refractivity contribution in [2.45, 2.75) is 26.2 Å². The molecule has 3 heteroatoms. The number of hydrogen-bond acceptors (Lipinski definition) is 2. The van der Waals surface area contributed by atoms with Crippen molar-refractivity contribution in [3.63, 3.8) is 0 Å². The third kappa shape index (κ3) is 8.79. The maximum Gasteiger partial charge on any atom is 0.0223 e. The molecule has 0 atom stereocenters. The molecule has 0 aliphatic carbocycles. The molecule has 0 amide bonds. The smallest absolute Gasteiger partial charge is 0.0223 e. The summed E-state index contributed by atoms with van der Waals surface area (Å²) in [5.74, 6) is 0.799. The predicted octanol–water partition coefficient (Wildman–Crippen LogP) is 2.28. The number of likely N-dealkylation sites (N-methyl/N-ethyl adjacent to an activating group) is 1. The summed E-state index contributed by atoms with van der Waals surface area (Å²) in [4.78, 5) is 4.77. The van der Waals surface area contributed by atoms with Gasteiger partial charge in [-0.1, -0.05) is 6.92 Å². The topological polar surface area (TPSA) is 6.48 Å². The SMILES string of the molecule is CCCN(CCCCCl)CCN(C)C. The molecule has 86 valence electrons. The van der Waals surface area contributed by atoms with Crippen molar-refractivity contribution < 1.29 is 0 Å². The highest BCUT2D eigenvalue weighted by Crippen LogP contribution is 1.98. The number of halogens is 1. The molecule has 0 radical (unpaired) electrons. The molecule has 0 aromatic rings. The lowest BCUT2D eigenvalue weighted by molar-refractivity contribution is 0.238. The van der Waals surface area contributed by atoms with Gasteiger partial charge in [-0.2, -0.15) is 0 Å². The molecular weight excluding hydrogens is 196 g/mol. The normalized spacial score (nSPS) is 11.6. The molecule has 0 aliphatic heterocycles. The van der Waals surface area contributed by atoms with Gasteiger partial charge >= 0.3 is 0 Å². The molecule has 0 fully saturated rings. The van der Waals surface area contributed by atoms with Gasteiger partial charge in [-0.3, -0.25) is 0 Å². The van der Waals surface area contributed by atoms with Crippen LogP contribution >= 0.6 is 11.6 Å². The van der Waals surface area contributed by atoms with E-state index in [0.29, 0.717) is 0 Å². The predicted molar refractivity (Wildman–Crippen MR) is 65.2 cm³/mol. The van der Waals surface area contributed by atoms with Crippen molar-refractivity contribution in [3.8, 4) is 0 Å². The zero-order valence-corrected chi connectivity index (χ0v) is 10.7. The number of rotatable bonds is 9. The van der Waals surface area contributed by atoms with E-state index in [9.17, 15) is 0 Å². The molecule has 0 bridgehead atoms. The summed E-state index contributed by atoms with van der Waals surface area (Å²) in [5, 5.41) is 0. The largest absolute Gasteiger partial charge is 0.308 e. The zero-order valence-electron chi connectivity index (χ0n) is 9.93. The van der Waals surface area contributed by atoms with Crippen LogP contribution in [0.1, 0.15) is 26.2 Å². The highest BCUT2D eigenvalue weighted by Gasteiger charge is 2.03. The fourth-order valence-corrected chi connectivity index (χ4v) is 1.61. The lowest BCUT2D eigenvalue weighted by Gasteiger charge is -2.23. The third-order valence-electron chi connectivity index (χ3n) is 2.26. The Balaban J connectivity index is 3.54. The van der Waals surface area contributed by atoms with Crippen molar-refractivity contribution in [1.82, 2.24) is 9.80 Å². The summed E-state index contributed by atoms with van der Waals surface area (Å²) in [6.45, 7) is 7.00. The molecule has 0 heterocycles. The Morgan fingerprint density at radius 1 is 0.929 bits per heavy atom. The van der Waals surface area contributed by atoms with Gasteiger partial charge in [-0.05, 0) is 46.4 Å². The van der Waals surface area contributed by atoms with E-state index >= 15 is 0 Å². The van der Waals surface area contributed by atoms with Crippen molar-refractivity contribution >= 4 is 11.6 Å². The van der Waals surface area contributed by atoms with Crippen molar-refractivity contribution in [1.29, 1.82) is 0 Å². The molecule has 0 N–H and O–H groups in total. The number of unbranched alkanes of at least 4 members (excludes halogenated alkanes) is 1. The molecule has 0 aliphatic rings. The van der Waals surface area contributed by atoms with E-state index in [1.165, 1.54) is 32.5 Å². The fraction of sp³-hybridized carbons (Fsp3) is 1.00. The van der Waals surface area contributed by atoms with Gasteiger partial charge in [0.05, 0.1) is 0 Å². The first kappa shape index (κ1) is 14.2. The first-order valence-electron chi connectivity index (χ1n) is 5.63. The van der Waals surface area contributed by atoms with Crippen LogP contribution in [0.3, 0.4) is 0 Å². The van der Waals surface area contributed by atoms with Gasteiger partial charge in [0.2, 0.25) is 0 Å². The summed E-state index contributed by atoms with van der Waals surface area (Å²) in [7, 11) is 4.26. The molecule has 0 saturated heterocycles. The summed E-state index contributed by atoms with van der Waals surface area (Å²) in [5.41, 5.74) is 0. The minimum atomic E-state index is 0.799. The highest BCUT2D eigenvalue weighted by molar-refractivity contribution is 6.17. The Morgan fingerprint density at radius 2 is 1.64 bits per heavy atom. The fourth-order valence-electron chi connectivity index (χ4n) is 1.42. The van der Waals surface area contributed by atoms with Crippen LogP contribution in [-0.2, 0) is 0 Å². The molecule has 0 spiro atoms. The van der Waals surface area contributed by atoms with Crippen LogP contribution in [0, 0.1) is 0 Å². The van der Waals surface area contributed by atoms with Crippen LogP contribution < -0.4 is 0 Å². The molecule has 0 saturated carbocycles. The maximum atomic E-state index is 5.66. The van der Waals surface area contributed by atoms with Crippen LogP contribution in [0.2, 0.25) is 0 Å². The minimum absolute atomic E-state index is 0.799. The molecule has 2 nitrogen and oxygen atoms in total. The van der Waals surface area contributed by atoms with E-state index in [1.807, 2.05) is 0 Å². The summed E-state index contributed by atoms with van der Waals surface area (Å²) in [6.07, 6.45) is 3.62. The van der Waals surface area contributed by atoms with Gasteiger partial charge in [-0.15, -0.1) is 11.6 Å². The Morgan fingerprint density at radius 3 is 2.14 bits per heavy atom. The van der Waals surface area contributed by atoms with E-state index in [1.54, 1.807) is 0 Å². The first-order chi connectivity index (χ1) is 6.70. The Bertz CT molecular complexity index is 118. The lowest BCUT2D eigenvalue weighted by Crippen LogP contribution is -2.33. The van der Waals surface area contributed by atoms with Gasteiger partial charge in [0, 0.05) is 19.0 Å². The molecule has 14 heavy (non-hydrogen) atoms. The molecule has 0 rings (SSSR count). The minimum Gasteiger partial charge on any atom is -0.308 e. The van der Waals surface area contributed by atoms with Gasteiger partial charge in [0.1, 0.15) is 0 Å². The summed E-state index contributed by atoms with van der Waals surface area (Å²) in [6, 6.07) is 0. The second-order valence-corrected chi connectivity index (χ2v) is 4.42. The van der Waals surface area contributed by atoms with Gasteiger partial charge < -0.3 is 9.80 Å². The second kappa shape index (κ2) is 9.75. The van der Waals surface area contributed by atoms with Gasteiger partial charge in [-0.25, -0.2) is 0 Å². The van der Waals surface area contributed by atoms with Gasteiger partial charge in [0.15, 0.2) is 0 Å². The van der Waals surface area contributed by atoms with Crippen molar-refractivity contribution in [2.24, 2.45) is 0 Å². The average Bonchev–Trinajstić information content (AvgIpc) is 2.14. The molecule has 0 aromatic heterocycles. The van der Waals surface area contributed by atoms with E-state index < -0.39 is 0 Å². The van der Waals surface area contributed by atoms with Crippen LogP contribution in [-0.4, -0.2) is 56.0 Å². The quantitative estimate of drug-likeness (QED) is 0.435. The van der Waals surface area contributed by atoms with Crippen LogP contribution in [0.25, 0.3) is 0 Å². The first-order valence-corrected chi connectivity index (χ1v) is 6.17. The Kier molecular flexibility index (Phi) is 9.90. The lowest BCUT2D eigenvalue weighted by atomic mass is 10.3. The summed E-state index contributed by atoms with van der Waals surface area (Å²) < 4.78 is 0.